The second-order valence-electron chi connectivity index (χ2n) is 7.27. The lowest BCUT2D eigenvalue weighted by molar-refractivity contribution is -0.305. The number of aliphatic carboxylic acids is 1. The third-order valence-electron chi connectivity index (χ3n) is 5.34. The van der Waals surface area contributed by atoms with Crippen LogP contribution in [0.15, 0.2) is 0 Å². The molecule has 1 aliphatic carbocycles. The zero-order valence-electron chi connectivity index (χ0n) is 14.9. The number of carbonyl (C=O) groups excluding carboxylic acids is 3. The lowest BCUT2D eigenvalue weighted by atomic mass is 9.69. The number of thiophene rings is 1. The van der Waals surface area contributed by atoms with Gasteiger partial charge in [-0.15, -0.1) is 11.3 Å². The summed E-state index contributed by atoms with van der Waals surface area (Å²) in [4.78, 5) is 35.4. The normalized spacial score (nSPS) is 17.0. The summed E-state index contributed by atoms with van der Waals surface area (Å²) in [5.41, 5.74) is 7.08. The van der Waals surface area contributed by atoms with Crippen LogP contribution >= 0.6 is 11.3 Å². The number of carbonyl (C=O) groups is 3. The first kappa shape index (κ1) is 19.4. The maximum Gasteiger partial charge on any atom is 0.251 e. The molecule has 0 radical (unpaired) electrons. The van der Waals surface area contributed by atoms with Crippen LogP contribution in [-0.2, 0) is 22.4 Å². The van der Waals surface area contributed by atoms with Crippen molar-refractivity contribution in [2.75, 3.05) is 5.32 Å². The van der Waals surface area contributed by atoms with Crippen molar-refractivity contribution < 1.29 is 19.5 Å². The minimum absolute atomic E-state index is 0.186. The number of primary amides is 1. The van der Waals surface area contributed by atoms with E-state index in [9.17, 15) is 19.5 Å². The van der Waals surface area contributed by atoms with E-state index in [2.05, 4.69) is 26.1 Å². The van der Waals surface area contributed by atoms with Crippen molar-refractivity contribution in [1.29, 1.82) is 0 Å². The molecule has 0 aromatic carbocycles. The molecule has 1 aliphatic rings. The Morgan fingerprint density at radius 3 is 2.56 bits per heavy atom. The molecule has 0 spiro atoms. The van der Waals surface area contributed by atoms with Gasteiger partial charge in [0, 0.05) is 17.3 Å². The Morgan fingerprint density at radius 2 is 2.00 bits per heavy atom. The van der Waals surface area contributed by atoms with E-state index < -0.39 is 17.8 Å². The number of nitrogens with one attached hydrogen (secondary N) is 1. The molecule has 6 nitrogen and oxygen atoms in total. The van der Waals surface area contributed by atoms with E-state index in [0.29, 0.717) is 16.5 Å². The van der Waals surface area contributed by atoms with Crippen molar-refractivity contribution in [3.63, 3.8) is 0 Å². The Kier molecular flexibility index (Phi) is 5.87. The number of rotatable bonds is 7. The van der Waals surface area contributed by atoms with Crippen LogP contribution in [0.4, 0.5) is 5.00 Å². The SMILES string of the molecule is CCC(C)(C)[C@@H]1CCc2c(sc(NC(=O)CCC(=O)[O-])c2C(N)=O)C1. The number of hydrogen-bond donors (Lipinski definition) is 2. The molecule has 1 aromatic heterocycles. The molecule has 0 saturated heterocycles. The molecular formula is C18H25N2O4S-. The van der Waals surface area contributed by atoms with Gasteiger partial charge in [0.15, 0.2) is 0 Å². The maximum atomic E-state index is 11.9. The summed E-state index contributed by atoms with van der Waals surface area (Å²) in [5.74, 6) is -1.76. The fourth-order valence-corrected chi connectivity index (χ4v) is 4.64. The number of amides is 2. The molecule has 0 fully saturated rings. The van der Waals surface area contributed by atoms with Crippen molar-refractivity contribution in [3.05, 3.63) is 16.0 Å². The Balaban J connectivity index is 2.24. The highest BCUT2D eigenvalue weighted by Crippen LogP contribution is 2.45. The quantitative estimate of drug-likeness (QED) is 0.768. The largest absolute Gasteiger partial charge is 0.550 e. The molecule has 1 heterocycles. The second-order valence-corrected chi connectivity index (χ2v) is 8.38. The Labute approximate surface area is 151 Å². The van der Waals surface area contributed by atoms with Gasteiger partial charge in [0.2, 0.25) is 5.91 Å². The summed E-state index contributed by atoms with van der Waals surface area (Å²) in [7, 11) is 0. The number of carboxylic acids is 1. The molecule has 25 heavy (non-hydrogen) atoms. The molecule has 0 aliphatic heterocycles. The average molecular weight is 365 g/mol. The third kappa shape index (κ3) is 4.39. The van der Waals surface area contributed by atoms with Gasteiger partial charge in [-0.1, -0.05) is 27.2 Å². The van der Waals surface area contributed by atoms with Crippen molar-refractivity contribution in [2.45, 2.75) is 59.3 Å². The Hall–Kier alpha value is -1.89. The summed E-state index contributed by atoms with van der Waals surface area (Å²) in [6.07, 6.45) is 3.17. The summed E-state index contributed by atoms with van der Waals surface area (Å²) < 4.78 is 0. The molecular weight excluding hydrogens is 340 g/mol. The first-order valence-electron chi connectivity index (χ1n) is 8.59. The zero-order valence-corrected chi connectivity index (χ0v) is 15.8. The average Bonchev–Trinajstić information content (AvgIpc) is 2.89. The zero-order chi connectivity index (χ0) is 18.8. The summed E-state index contributed by atoms with van der Waals surface area (Å²) >= 11 is 1.39. The first-order valence-corrected chi connectivity index (χ1v) is 9.41. The molecule has 0 bridgehead atoms. The molecule has 3 N–H and O–H groups in total. The molecule has 0 unspecified atom stereocenters. The van der Waals surface area contributed by atoms with Gasteiger partial charge < -0.3 is 21.0 Å². The fraction of sp³-hybridized carbons (Fsp3) is 0.611. The van der Waals surface area contributed by atoms with E-state index in [0.717, 1.165) is 36.1 Å². The molecule has 0 saturated carbocycles. The van der Waals surface area contributed by atoms with Gasteiger partial charge >= 0.3 is 0 Å². The number of carboxylic acid groups (broad SMARTS) is 1. The topological polar surface area (TPSA) is 112 Å². The van der Waals surface area contributed by atoms with Gasteiger partial charge in [-0.25, -0.2) is 0 Å². The van der Waals surface area contributed by atoms with Gasteiger partial charge in [-0.05, 0) is 42.6 Å². The standard InChI is InChI=1S/C18H26N2O4S/c1-4-18(2,3)10-5-6-11-12(9-10)25-17(15(11)16(19)24)20-13(21)7-8-14(22)23/h10H,4-9H2,1-3H3,(H2,19,24)(H,20,21)(H,22,23)/p-1/t10-/m1/s1. The Bertz CT molecular complexity index is 693. The predicted octanol–water partition coefficient (Wildman–Crippen LogP) is 1.86. The summed E-state index contributed by atoms with van der Waals surface area (Å²) in [6.45, 7) is 6.70. The van der Waals surface area contributed by atoms with Crippen LogP contribution in [0, 0.1) is 11.3 Å². The highest BCUT2D eigenvalue weighted by Gasteiger charge is 2.34. The molecule has 2 rings (SSSR count). The molecule has 2 amide bonds. The number of fused-ring (bicyclic) bond motifs is 1. The summed E-state index contributed by atoms with van der Waals surface area (Å²) in [5, 5.41) is 13.6. The van der Waals surface area contributed by atoms with Crippen molar-refractivity contribution in [1.82, 2.24) is 0 Å². The number of hydrogen-bond acceptors (Lipinski definition) is 5. The van der Waals surface area contributed by atoms with Crippen LogP contribution in [0.2, 0.25) is 0 Å². The van der Waals surface area contributed by atoms with Crippen LogP contribution < -0.4 is 16.2 Å². The van der Waals surface area contributed by atoms with Crippen LogP contribution in [-0.4, -0.2) is 17.8 Å². The van der Waals surface area contributed by atoms with Crippen LogP contribution in [0.25, 0.3) is 0 Å². The summed E-state index contributed by atoms with van der Waals surface area (Å²) in [6, 6.07) is 0. The fourth-order valence-electron chi connectivity index (χ4n) is 3.30. The van der Waals surface area contributed by atoms with E-state index >= 15 is 0 Å². The highest BCUT2D eigenvalue weighted by atomic mass is 32.1. The molecule has 1 atom stereocenters. The lowest BCUT2D eigenvalue weighted by Gasteiger charge is -2.36. The van der Waals surface area contributed by atoms with E-state index in [1.54, 1.807) is 0 Å². The number of nitrogens with two attached hydrogens (primary N) is 1. The van der Waals surface area contributed by atoms with Crippen LogP contribution in [0.5, 0.6) is 0 Å². The van der Waals surface area contributed by atoms with E-state index in [1.165, 1.54) is 11.3 Å². The van der Waals surface area contributed by atoms with Crippen LogP contribution in [0.3, 0.4) is 0 Å². The number of anilines is 1. The van der Waals surface area contributed by atoms with Crippen molar-refractivity contribution in [2.24, 2.45) is 17.1 Å². The Morgan fingerprint density at radius 1 is 1.32 bits per heavy atom. The van der Waals surface area contributed by atoms with E-state index in [1.807, 2.05) is 0 Å². The lowest BCUT2D eigenvalue weighted by Crippen LogP contribution is -2.29. The minimum atomic E-state index is -1.28. The van der Waals surface area contributed by atoms with Gasteiger partial charge in [0.25, 0.3) is 5.91 Å². The third-order valence-corrected chi connectivity index (χ3v) is 6.51. The van der Waals surface area contributed by atoms with Gasteiger partial charge in [0.1, 0.15) is 5.00 Å². The van der Waals surface area contributed by atoms with Crippen molar-refractivity contribution >= 4 is 34.1 Å². The smallest absolute Gasteiger partial charge is 0.251 e. The van der Waals surface area contributed by atoms with E-state index in [-0.39, 0.29) is 18.3 Å². The van der Waals surface area contributed by atoms with Gasteiger partial charge in [-0.3, -0.25) is 9.59 Å². The van der Waals surface area contributed by atoms with Crippen molar-refractivity contribution in [3.8, 4) is 0 Å². The monoisotopic (exact) mass is 365 g/mol. The second kappa shape index (κ2) is 7.56. The first-order chi connectivity index (χ1) is 11.7. The van der Waals surface area contributed by atoms with Crippen LogP contribution in [0.1, 0.15) is 67.3 Å². The molecule has 7 heteroatoms. The maximum absolute atomic E-state index is 11.9. The van der Waals surface area contributed by atoms with Gasteiger partial charge in [0.05, 0.1) is 5.56 Å². The van der Waals surface area contributed by atoms with Gasteiger partial charge in [-0.2, -0.15) is 0 Å². The predicted molar refractivity (Wildman–Crippen MR) is 95.3 cm³/mol. The molecule has 138 valence electrons. The highest BCUT2D eigenvalue weighted by molar-refractivity contribution is 7.17. The molecule has 1 aromatic rings. The minimum Gasteiger partial charge on any atom is -0.550 e. The van der Waals surface area contributed by atoms with E-state index in [4.69, 9.17) is 5.73 Å².